The van der Waals surface area contributed by atoms with Crippen molar-refractivity contribution < 1.29 is 18.0 Å². The summed E-state index contributed by atoms with van der Waals surface area (Å²) in [4.78, 5) is 0. The molecule has 1 aliphatic rings. The Hall–Kier alpha value is -7.82. The fraction of sp³-hybridized carbons (Fsp3) is 0. The lowest BCUT2D eigenvalue weighted by molar-refractivity contribution is 0.488. The highest BCUT2D eigenvalue weighted by Crippen LogP contribution is 2.51. The van der Waals surface area contributed by atoms with Crippen molar-refractivity contribution in [2.75, 3.05) is 0 Å². The van der Waals surface area contributed by atoms with Gasteiger partial charge < -0.3 is 18.0 Å². The largest absolute Gasteiger partial charge is 0.456 e. The zero-order valence-electron chi connectivity index (χ0n) is 31.0. The molecule has 0 N–H and O–H groups in total. The van der Waals surface area contributed by atoms with Crippen molar-refractivity contribution in [2.24, 2.45) is 0 Å². The lowest BCUT2D eigenvalue weighted by Crippen LogP contribution is -1.89. The fourth-order valence-corrected chi connectivity index (χ4v) is 9.33. The standard InChI is InChI=1S/C54H30O4/c1-4-16-44-38(10-1)52-34(13-7-19-49(52)56-44)31-22-25-37-41(28-31)43-30-33(36-15-9-21-51-54(36)40-12-3-6-18-46(40)58-51)24-27-48(43)55-47-26-23-32(29-42(37)47)35-14-8-20-50-53(35)39-11-2-5-17-45(39)57-50/h1-30H. The van der Waals surface area contributed by atoms with Crippen LogP contribution in [0.4, 0.5) is 0 Å². The third kappa shape index (κ3) is 4.51. The van der Waals surface area contributed by atoms with E-state index in [2.05, 4.69) is 133 Å². The third-order valence-electron chi connectivity index (χ3n) is 11.9. The maximum atomic E-state index is 6.96. The van der Waals surface area contributed by atoms with Crippen LogP contribution in [0.3, 0.4) is 0 Å². The molecule has 270 valence electrons. The number of ether oxygens (including phenoxy) is 1. The van der Waals surface area contributed by atoms with E-state index in [1.54, 1.807) is 0 Å². The Morgan fingerprint density at radius 1 is 0.241 bits per heavy atom. The first kappa shape index (κ1) is 31.4. The van der Waals surface area contributed by atoms with Gasteiger partial charge in [0, 0.05) is 43.4 Å². The molecule has 1 aliphatic heterocycles. The summed E-state index contributed by atoms with van der Waals surface area (Å²) in [5, 5.41) is 6.63. The molecule has 4 heterocycles. The van der Waals surface area contributed by atoms with Gasteiger partial charge in [0.1, 0.15) is 45.0 Å². The van der Waals surface area contributed by atoms with Gasteiger partial charge in [0.25, 0.3) is 0 Å². The third-order valence-corrected chi connectivity index (χ3v) is 11.9. The van der Waals surface area contributed by atoms with Gasteiger partial charge in [-0.05, 0) is 111 Å². The first-order valence-corrected chi connectivity index (χ1v) is 19.6. The second-order valence-corrected chi connectivity index (χ2v) is 15.1. The smallest absolute Gasteiger partial charge is 0.136 e. The summed E-state index contributed by atoms with van der Waals surface area (Å²) < 4.78 is 25.9. The minimum absolute atomic E-state index is 0.799. The van der Waals surface area contributed by atoms with Crippen molar-refractivity contribution in [1.29, 1.82) is 0 Å². The van der Waals surface area contributed by atoms with Gasteiger partial charge in [0.2, 0.25) is 0 Å². The van der Waals surface area contributed by atoms with Crippen molar-refractivity contribution in [3.05, 3.63) is 182 Å². The summed E-state index contributed by atoms with van der Waals surface area (Å²) in [5.41, 5.74) is 16.1. The zero-order valence-corrected chi connectivity index (χ0v) is 31.0. The van der Waals surface area contributed by atoms with Crippen molar-refractivity contribution in [3.63, 3.8) is 0 Å². The van der Waals surface area contributed by atoms with Crippen LogP contribution < -0.4 is 4.74 Å². The van der Waals surface area contributed by atoms with Gasteiger partial charge in [-0.2, -0.15) is 0 Å². The summed E-state index contributed by atoms with van der Waals surface area (Å²) in [6.45, 7) is 0. The van der Waals surface area contributed by atoms with E-state index < -0.39 is 0 Å². The van der Waals surface area contributed by atoms with E-state index in [-0.39, 0.29) is 0 Å². The summed E-state index contributed by atoms with van der Waals surface area (Å²) in [6, 6.07) is 63.7. The van der Waals surface area contributed by atoms with Crippen LogP contribution >= 0.6 is 0 Å². The minimum atomic E-state index is 0.799. The van der Waals surface area contributed by atoms with Gasteiger partial charge >= 0.3 is 0 Å². The molecule has 0 aliphatic carbocycles. The molecule has 0 amide bonds. The molecule has 12 aromatic rings. The Morgan fingerprint density at radius 3 is 1.05 bits per heavy atom. The average Bonchev–Trinajstić information content (AvgIpc) is 3.95. The van der Waals surface area contributed by atoms with Crippen molar-refractivity contribution in [1.82, 2.24) is 0 Å². The summed E-state index contributed by atoms with van der Waals surface area (Å²) >= 11 is 0. The molecule has 0 radical (unpaired) electrons. The highest BCUT2D eigenvalue weighted by Gasteiger charge is 2.25. The van der Waals surface area contributed by atoms with Crippen LogP contribution in [0.15, 0.2) is 195 Å². The van der Waals surface area contributed by atoms with Gasteiger partial charge in [0.15, 0.2) is 0 Å². The normalized spacial score (nSPS) is 12.3. The number of rotatable bonds is 3. The van der Waals surface area contributed by atoms with E-state index in [0.717, 1.165) is 133 Å². The van der Waals surface area contributed by atoms with Crippen molar-refractivity contribution in [2.45, 2.75) is 0 Å². The highest BCUT2D eigenvalue weighted by molar-refractivity contribution is 6.15. The second-order valence-electron chi connectivity index (χ2n) is 15.1. The van der Waals surface area contributed by atoms with Gasteiger partial charge in [-0.25, -0.2) is 0 Å². The van der Waals surface area contributed by atoms with Crippen LogP contribution in [0, 0.1) is 0 Å². The number of benzene rings is 9. The molecule has 0 fully saturated rings. The fourth-order valence-electron chi connectivity index (χ4n) is 9.33. The molecule has 0 unspecified atom stereocenters. The topological polar surface area (TPSA) is 48.7 Å². The predicted molar refractivity (Wildman–Crippen MR) is 236 cm³/mol. The molecule has 0 atom stereocenters. The number of hydrogen-bond donors (Lipinski definition) is 0. The molecule has 9 aromatic carbocycles. The quantitative estimate of drug-likeness (QED) is 0.181. The maximum Gasteiger partial charge on any atom is 0.136 e. The van der Waals surface area contributed by atoms with Gasteiger partial charge in [0.05, 0.1) is 0 Å². The highest BCUT2D eigenvalue weighted by atomic mass is 16.5. The molecule has 4 heteroatoms. The molecule has 0 saturated carbocycles. The van der Waals surface area contributed by atoms with Gasteiger partial charge in [-0.15, -0.1) is 0 Å². The Bertz CT molecular complexity index is 3670. The van der Waals surface area contributed by atoms with Gasteiger partial charge in [-0.1, -0.05) is 115 Å². The molecular formula is C54H30O4. The number of hydrogen-bond acceptors (Lipinski definition) is 4. The first-order valence-electron chi connectivity index (χ1n) is 19.6. The van der Waals surface area contributed by atoms with Crippen LogP contribution in [0.5, 0.6) is 11.5 Å². The summed E-state index contributed by atoms with van der Waals surface area (Å²) in [6.07, 6.45) is 0. The Balaban J connectivity index is 1.06. The Labute approximate surface area is 331 Å². The van der Waals surface area contributed by atoms with E-state index in [4.69, 9.17) is 18.0 Å². The maximum absolute atomic E-state index is 6.96. The summed E-state index contributed by atoms with van der Waals surface area (Å²) in [5.74, 6) is 1.60. The molecule has 0 saturated heterocycles. The zero-order chi connectivity index (χ0) is 37.9. The van der Waals surface area contributed by atoms with Crippen LogP contribution in [0.25, 0.3) is 121 Å². The van der Waals surface area contributed by atoms with E-state index in [9.17, 15) is 0 Å². The van der Waals surface area contributed by atoms with Gasteiger partial charge in [-0.3, -0.25) is 0 Å². The summed E-state index contributed by atoms with van der Waals surface area (Å²) in [7, 11) is 0. The molecule has 58 heavy (non-hydrogen) atoms. The number of furan rings is 3. The lowest BCUT2D eigenvalue weighted by atomic mass is 9.87. The minimum Gasteiger partial charge on any atom is -0.456 e. The molecule has 4 nitrogen and oxygen atoms in total. The second kappa shape index (κ2) is 11.8. The van der Waals surface area contributed by atoms with Crippen molar-refractivity contribution in [3.8, 4) is 67.1 Å². The van der Waals surface area contributed by atoms with Crippen LogP contribution in [0.1, 0.15) is 0 Å². The van der Waals surface area contributed by atoms with Crippen LogP contribution in [-0.4, -0.2) is 0 Å². The molecule has 0 spiro atoms. The van der Waals surface area contributed by atoms with Crippen LogP contribution in [0.2, 0.25) is 0 Å². The van der Waals surface area contributed by atoms with E-state index in [0.29, 0.717) is 0 Å². The SMILES string of the molecule is c1ccc2c(c1)oc1cccc(-c3ccc4c(c3)-c3ccc(-c5cccc6oc7ccccc7c56)cc3-c3cc(-c5cccc6oc7ccccc7c56)ccc3O4)c12. The van der Waals surface area contributed by atoms with Crippen molar-refractivity contribution >= 4 is 65.8 Å². The number of para-hydroxylation sites is 3. The molecule has 0 bridgehead atoms. The average molecular weight is 743 g/mol. The van der Waals surface area contributed by atoms with Crippen LogP contribution in [-0.2, 0) is 0 Å². The molecule has 3 aromatic heterocycles. The molecular weight excluding hydrogens is 713 g/mol. The predicted octanol–water partition coefficient (Wildman–Crippen LogP) is 15.8. The van der Waals surface area contributed by atoms with E-state index in [1.165, 1.54) is 0 Å². The number of fused-ring (bicyclic) bond motifs is 14. The monoisotopic (exact) mass is 742 g/mol. The Morgan fingerprint density at radius 2 is 0.603 bits per heavy atom. The van der Waals surface area contributed by atoms with E-state index in [1.807, 2.05) is 48.5 Å². The van der Waals surface area contributed by atoms with E-state index >= 15 is 0 Å². The first-order chi connectivity index (χ1) is 28.7. The Kier molecular flexibility index (Phi) is 6.41. The molecule has 13 rings (SSSR count). The lowest BCUT2D eigenvalue weighted by Gasteiger charge is -2.14.